The highest BCUT2D eigenvalue weighted by Crippen LogP contribution is 2.30. The molecule has 0 aliphatic carbocycles. The SMILES string of the molecule is CC[C@@H](C(=O)NC(C)(C)C)N(Cc1c(Cl)cccc1Cl)C(=O)CN(c1cccc([N+](=O)[O-])c1)S(=O)(=O)c1ccccc1. The number of benzene rings is 3. The van der Waals surface area contributed by atoms with Crippen LogP contribution in [0.15, 0.2) is 77.7 Å². The lowest BCUT2D eigenvalue weighted by atomic mass is 10.1. The van der Waals surface area contributed by atoms with E-state index in [0.29, 0.717) is 5.56 Å². The van der Waals surface area contributed by atoms with Crippen molar-refractivity contribution in [1.82, 2.24) is 10.2 Å². The molecule has 0 spiro atoms. The Morgan fingerprint density at radius 3 is 2.12 bits per heavy atom. The third-order valence-electron chi connectivity index (χ3n) is 6.21. The number of nitrogens with zero attached hydrogens (tertiary/aromatic N) is 3. The highest BCUT2D eigenvalue weighted by atomic mass is 35.5. The molecule has 1 N–H and O–H groups in total. The van der Waals surface area contributed by atoms with E-state index in [1.807, 2.05) is 0 Å². The molecule has 0 heterocycles. The molecule has 0 aromatic heterocycles. The Morgan fingerprint density at radius 1 is 0.976 bits per heavy atom. The minimum atomic E-state index is -4.39. The van der Waals surface area contributed by atoms with Crippen molar-refractivity contribution >= 4 is 56.4 Å². The number of rotatable bonds is 11. The average Bonchev–Trinajstić information content (AvgIpc) is 2.92. The second kappa shape index (κ2) is 13.5. The van der Waals surface area contributed by atoms with Gasteiger partial charge in [-0.25, -0.2) is 8.42 Å². The average molecular weight is 636 g/mol. The third kappa shape index (κ3) is 7.99. The molecule has 0 saturated heterocycles. The molecule has 3 aromatic rings. The number of hydrogen-bond acceptors (Lipinski definition) is 6. The molecule has 0 aliphatic rings. The second-order valence-electron chi connectivity index (χ2n) is 10.5. The highest BCUT2D eigenvalue weighted by molar-refractivity contribution is 7.92. The van der Waals surface area contributed by atoms with E-state index < -0.39 is 44.9 Å². The molecule has 0 unspecified atom stereocenters. The molecule has 224 valence electrons. The lowest BCUT2D eigenvalue weighted by Crippen LogP contribution is -2.55. The van der Waals surface area contributed by atoms with Gasteiger partial charge >= 0.3 is 0 Å². The maximum absolute atomic E-state index is 14.1. The van der Waals surface area contributed by atoms with E-state index in [9.17, 15) is 28.1 Å². The predicted octanol–water partition coefficient (Wildman–Crippen LogP) is 5.82. The van der Waals surface area contributed by atoms with Crippen molar-refractivity contribution in [2.24, 2.45) is 0 Å². The number of amides is 2. The zero-order valence-electron chi connectivity index (χ0n) is 23.6. The lowest BCUT2D eigenvalue weighted by Gasteiger charge is -2.35. The normalized spacial score (nSPS) is 12.3. The fourth-order valence-corrected chi connectivity index (χ4v) is 6.18. The minimum Gasteiger partial charge on any atom is -0.350 e. The van der Waals surface area contributed by atoms with Crippen LogP contribution in [0.4, 0.5) is 11.4 Å². The molecule has 2 amide bonds. The second-order valence-corrected chi connectivity index (χ2v) is 13.2. The summed E-state index contributed by atoms with van der Waals surface area (Å²) in [5, 5.41) is 14.9. The summed E-state index contributed by atoms with van der Waals surface area (Å²) in [6, 6.07) is 16.2. The molecular formula is C29H32Cl2N4O6S. The van der Waals surface area contributed by atoms with Crippen LogP contribution < -0.4 is 9.62 Å². The number of carbonyl (C=O) groups excluding carboxylic acids is 2. The van der Waals surface area contributed by atoms with Crippen LogP contribution in [0, 0.1) is 10.1 Å². The maximum Gasteiger partial charge on any atom is 0.271 e. The van der Waals surface area contributed by atoms with Gasteiger partial charge in [0.05, 0.1) is 15.5 Å². The number of nitro benzene ring substituents is 1. The van der Waals surface area contributed by atoms with Gasteiger partial charge in [0.2, 0.25) is 11.8 Å². The summed E-state index contributed by atoms with van der Waals surface area (Å²) in [5.41, 5.74) is -0.690. The molecule has 0 aliphatic heterocycles. The number of nitro groups is 1. The zero-order chi connectivity index (χ0) is 31.2. The standard InChI is InChI=1S/C29H32Cl2N4O6S/c1-5-26(28(37)32-29(2,3)4)33(18-23-24(30)15-10-16-25(23)31)27(36)19-34(20-11-9-12-21(17-20)35(38)39)42(40,41)22-13-7-6-8-14-22/h6-17,26H,5,18-19H2,1-4H3,(H,32,37)/t26-/m0/s1. The summed E-state index contributed by atoms with van der Waals surface area (Å²) in [6.07, 6.45) is 0.192. The largest absolute Gasteiger partial charge is 0.350 e. The maximum atomic E-state index is 14.1. The lowest BCUT2D eigenvalue weighted by molar-refractivity contribution is -0.384. The van der Waals surface area contributed by atoms with Crippen molar-refractivity contribution < 1.29 is 22.9 Å². The summed E-state index contributed by atoms with van der Waals surface area (Å²) >= 11 is 12.8. The molecule has 0 radical (unpaired) electrons. The highest BCUT2D eigenvalue weighted by Gasteiger charge is 2.35. The smallest absolute Gasteiger partial charge is 0.271 e. The molecule has 42 heavy (non-hydrogen) atoms. The van der Waals surface area contributed by atoms with Crippen LogP contribution in [0.1, 0.15) is 39.7 Å². The first-order chi connectivity index (χ1) is 19.7. The van der Waals surface area contributed by atoms with E-state index in [1.165, 1.54) is 47.4 Å². The third-order valence-corrected chi connectivity index (χ3v) is 8.71. The Kier molecular flexibility index (Phi) is 10.6. The van der Waals surface area contributed by atoms with Crippen molar-refractivity contribution in [1.29, 1.82) is 0 Å². The first-order valence-electron chi connectivity index (χ1n) is 13.0. The summed E-state index contributed by atoms with van der Waals surface area (Å²) in [4.78, 5) is 39.5. The first kappa shape index (κ1) is 32.8. The number of anilines is 1. The summed E-state index contributed by atoms with van der Waals surface area (Å²) < 4.78 is 28.5. The Labute approximate surface area is 255 Å². The van der Waals surface area contributed by atoms with Gasteiger partial charge < -0.3 is 10.2 Å². The molecule has 3 aromatic carbocycles. The zero-order valence-corrected chi connectivity index (χ0v) is 25.9. The molecule has 0 bridgehead atoms. The first-order valence-corrected chi connectivity index (χ1v) is 15.2. The molecule has 3 rings (SSSR count). The van der Waals surface area contributed by atoms with Gasteiger partial charge in [0, 0.05) is 39.8 Å². The van der Waals surface area contributed by atoms with Gasteiger partial charge in [-0.05, 0) is 57.5 Å². The minimum absolute atomic E-state index is 0.0932. The number of hydrogen-bond donors (Lipinski definition) is 1. The fraction of sp³-hybridized carbons (Fsp3) is 0.310. The van der Waals surface area contributed by atoms with E-state index in [4.69, 9.17) is 23.2 Å². The van der Waals surface area contributed by atoms with Crippen molar-refractivity contribution in [3.05, 3.63) is 98.5 Å². The van der Waals surface area contributed by atoms with Crippen LogP contribution in [0.2, 0.25) is 10.0 Å². The van der Waals surface area contributed by atoms with E-state index in [0.717, 1.165) is 10.4 Å². The molecule has 13 heteroatoms. The van der Waals surface area contributed by atoms with Gasteiger partial charge in [-0.1, -0.05) is 60.5 Å². The Balaban J connectivity index is 2.15. The van der Waals surface area contributed by atoms with Crippen molar-refractivity contribution in [3.63, 3.8) is 0 Å². The Hall–Kier alpha value is -3.67. The molecule has 0 fully saturated rings. The predicted molar refractivity (Wildman–Crippen MR) is 163 cm³/mol. The Bertz CT molecular complexity index is 1540. The molecule has 0 saturated carbocycles. The number of halogens is 2. The summed E-state index contributed by atoms with van der Waals surface area (Å²) in [5.74, 6) is -1.19. The van der Waals surface area contributed by atoms with Crippen LogP contribution in [-0.2, 0) is 26.2 Å². The van der Waals surface area contributed by atoms with Gasteiger partial charge in [0.15, 0.2) is 0 Å². The summed E-state index contributed by atoms with van der Waals surface area (Å²) in [7, 11) is -4.39. The van der Waals surface area contributed by atoms with E-state index >= 15 is 0 Å². The monoisotopic (exact) mass is 634 g/mol. The molecular weight excluding hydrogens is 603 g/mol. The van der Waals surface area contributed by atoms with Crippen LogP contribution in [-0.4, -0.2) is 48.2 Å². The van der Waals surface area contributed by atoms with Gasteiger partial charge in [-0.2, -0.15) is 0 Å². The van der Waals surface area contributed by atoms with E-state index in [-0.39, 0.29) is 39.3 Å². The van der Waals surface area contributed by atoms with Crippen LogP contribution in [0.25, 0.3) is 0 Å². The number of nitrogens with one attached hydrogen (secondary N) is 1. The van der Waals surface area contributed by atoms with E-state index in [1.54, 1.807) is 52.0 Å². The van der Waals surface area contributed by atoms with Crippen molar-refractivity contribution in [3.8, 4) is 0 Å². The summed E-state index contributed by atoms with van der Waals surface area (Å²) in [6.45, 7) is 6.16. The number of non-ortho nitro benzene ring substituents is 1. The van der Waals surface area contributed by atoms with Crippen LogP contribution in [0.3, 0.4) is 0 Å². The molecule has 1 atom stereocenters. The van der Waals surface area contributed by atoms with Crippen LogP contribution >= 0.6 is 23.2 Å². The van der Waals surface area contributed by atoms with Gasteiger partial charge in [0.25, 0.3) is 15.7 Å². The Morgan fingerprint density at radius 2 is 1.57 bits per heavy atom. The number of carbonyl (C=O) groups is 2. The van der Waals surface area contributed by atoms with Crippen molar-refractivity contribution in [2.45, 2.75) is 57.1 Å². The molecule has 10 nitrogen and oxygen atoms in total. The van der Waals surface area contributed by atoms with Gasteiger partial charge in [-0.15, -0.1) is 0 Å². The van der Waals surface area contributed by atoms with E-state index in [2.05, 4.69) is 5.32 Å². The van der Waals surface area contributed by atoms with Gasteiger partial charge in [-0.3, -0.25) is 24.0 Å². The topological polar surface area (TPSA) is 130 Å². The van der Waals surface area contributed by atoms with Gasteiger partial charge in [0.1, 0.15) is 12.6 Å². The number of sulfonamides is 1. The van der Waals surface area contributed by atoms with Crippen LogP contribution in [0.5, 0.6) is 0 Å². The van der Waals surface area contributed by atoms with Crippen molar-refractivity contribution in [2.75, 3.05) is 10.8 Å². The fourth-order valence-electron chi connectivity index (χ4n) is 4.24. The quantitative estimate of drug-likeness (QED) is 0.209.